The van der Waals surface area contributed by atoms with E-state index in [1.165, 1.54) is 0 Å². The van der Waals surface area contributed by atoms with Crippen LogP contribution in [-0.2, 0) is 4.79 Å². The minimum absolute atomic E-state index is 0.119. The standard InChI is InChI=1S/C22H26N2O3/c1-15-13-20(27-3)16(2)12-19(15)17-6-4-7-18(14-17)22(26)23-9-11-24-10-5-8-21(24)25/h4,6-7,12-14H,5,8-11H2,1-3H3,(H,23,26). The molecule has 1 saturated heterocycles. The molecule has 5 heteroatoms. The summed E-state index contributed by atoms with van der Waals surface area (Å²) >= 11 is 0. The molecule has 0 radical (unpaired) electrons. The van der Waals surface area contributed by atoms with Crippen LogP contribution in [-0.4, -0.2) is 43.5 Å². The molecule has 1 aliphatic heterocycles. The van der Waals surface area contributed by atoms with Crippen LogP contribution < -0.4 is 10.1 Å². The lowest BCUT2D eigenvalue weighted by molar-refractivity contribution is -0.127. The Morgan fingerprint density at radius 1 is 1.19 bits per heavy atom. The van der Waals surface area contributed by atoms with Crippen LogP contribution in [0.15, 0.2) is 36.4 Å². The number of carbonyl (C=O) groups is 2. The lowest BCUT2D eigenvalue weighted by Gasteiger charge is -2.16. The van der Waals surface area contributed by atoms with Gasteiger partial charge >= 0.3 is 0 Å². The third kappa shape index (κ3) is 4.30. The van der Waals surface area contributed by atoms with E-state index < -0.39 is 0 Å². The molecule has 0 spiro atoms. The van der Waals surface area contributed by atoms with Crippen molar-refractivity contribution in [2.45, 2.75) is 26.7 Å². The molecular formula is C22H26N2O3. The summed E-state index contributed by atoms with van der Waals surface area (Å²) in [4.78, 5) is 25.9. The van der Waals surface area contributed by atoms with Gasteiger partial charge in [0.2, 0.25) is 5.91 Å². The van der Waals surface area contributed by atoms with Crippen molar-refractivity contribution in [1.82, 2.24) is 10.2 Å². The molecule has 0 aliphatic carbocycles. The first-order valence-corrected chi connectivity index (χ1v) is 9.31. The molecule has 142 valence electrons. The van der Waals surface area contributed by atoms with Gasteiger partial charge in [-0.25, -0.2) is 0 Å². The highest BCUT2D eigenvalue weighted by molar-refractivity contribution is 5.95. The Hall–Kier alpha value is -2.82. The third-order valence-electron chi connectivity index (χ3n) is 5.02. The van der Waals surface area contributed by atoms with E-state index in [2.05, 4.69) is 11.4 Å². The number of aryl methyl sites for hydroxylation is 2. The fourth-order valence-electron chi connectivity index (χ4n) is 3.50. The Bertz CT molecular complexity index is 861. The first-order valence-electron chi connectivity index (χ1n) is 9.31. The van der Waals surface area contributed by atoms with Crippen molar-refractivity contribution in [3.05, 3.63) is 53.1 Å². The van der Waals surface area contributed by atoms with Crippen LogP contribution in [0.1, 0.15) is 34.3 Å². The zero-order valence-electron chi connectivity index (χ0n) is 16.2. The van der Waals surface area contributed by atoms with Gasteiger partial charge in [-0.15, -0.1) is 0 Å². The Balaban J connectivity index is 1.70. The maximum atomic E-state index is 12.5. The zero-order valence-corrected chi connectivity index (χ0v) is 16.2. The van der Waals surface area contributed by atoms with E-state index in [1.807, 2.05) is 44.2 Å². The number of hydrogen-bond donors (Lipinski definition) is 1. The Morgan fingerprint density at radius 3 is 2.70 bits per heavy atom. The van der Waals surface area contributed by atoms with Crippen molar-refractivity contribution in [2.75, 3.05) is 26.7 Å². The number of amides is 2. The maximum Gasteiger partial charge on any atom is 0.251 e. The lowest BCUT2D eigenvalue weighted by atomic mass is 9.96. The number of ether oxygens (including phenoxy) is 1. The first-order chi connectivity index (χ1) is 13.0. The summed E-state index contributed by atoms with van der Waals surface area (Å²) in [6, 6.07) is 11.7. The highest BCUT2D eigenvalue weighted by atomic mass is 16.5. The Labute approximate surface area is 160 Å². The van der Waals surface area contributed by atoms with Crippen LogP contribution in [0.4, 0.5) is 0 Å². The molecule has 1 heterocycles. The van der Waals surface area contributed by atoms with Crippen molar-refractivity contribution in [3.63, 3.8) is 0 Å². The van der Waals surface area contributed by atoms with E-state index in [-0.39, 0.29) is 11.8 Å². The van der Waals surface area contributed by atoms with Crippen molar-refractivity contribution >= 4 is 11.8 Å². The molecule has 0 aromatic heterocycles. The second-order valence-electron chi connectivity index (χ2n) is 6.96. The highest BCUT2D eigenvalue weighted by Gasteiger charge is 2.19. The number of likely N-dealkylation sites (tertiary alicyclic amines) is 1. The van der Waals surface area contributed by atoms with Gasteiger partial charge in [0.1, 0.15) is 5.75 Å². The van der Waals surface area contributed by atoms with Crippen LogP contribution in [0.5, 0.6) is 5.75 Å². The molecule has 0 unspecified atom stereocenters. The summed E-state index contributed by atoms with van der Waals surface area (Å²) in [6.07, 6.45) is 1.53. The summed E-state index contributed by atoms with van der Waals surface area (Å²) in [5.74, 6) is 0.921. The van der Waals surface area contributed by atoms with Crippen LogP contribution in [0.25, 0.3) is 11.1 Å². The molecule has 0 saturated carbocycles. The molecule has 2 aromatic rings. The average Bonchev–Trinajstić information content (AvgIpc) is 3.08. The number of benzene rings is 2. The second-order valence-corrected chi connectivity index (χ2v) is 6.96. The van der Waals surface area contributed by atoms with E-state index in [9.17, 15) is 9.59 Å². The molecule has 1 fully saturated rings. The Morgan fingerprint density at radius 2 is 2.00 bits per heavy atom. The normalized spacial score (nSPS) is 13.7. The summed E-state index contributed by atoms with van der Waals surface area (Å²) in [6.45, 7) is 5.88. The monoisotopic (exact) mass is 366 g/mol. The van der Waals surface area contributed by atoms with E-state index in [4.69, 9.17) is 4.74 Å². The number of rotatable bonds is 6. The SMILES string of the molecule is COc1cc(C)c(-c2cccc(C(=O)NCCN3CCCC3=O)c2)cc1C. The quantitative estimate of drug-likeness (QED) is 0.853. The van der Waals surface area contributed by atoms with Crippen LogP contribution in [0, 0.1) is 13.8 Å². The number of nitrogens with zero attached hydrogens (tertiary/aromatic N) is 1. The van der Waals surface area contributed by atoms with Gasteiger partial charge in [0.15, 0.2) is 0 Å². The molecule has 3 rings (SSSR count). The molecule has 0 bridgehead atoms. The lowest BCUT2D eigenvalue weighted by Crippen LogP contribution is -2.35. The van der Waals surface area contributed by atoms with Crippen LogP contribution in [0.3, 0.4) is 0 Å². The molecule has 1 N–H and O–H groups in total. The second kappa shape index (κ2) is 8.25. The molecule has 2 aromatic carbocycles. The van der Waals surface area contributed by atoms with Gasteiger partial charge in [-0.05, 0) is 66.8 Å². The van der Waals surface area contributed by atoms with Crippen LogP contribution >= 0.6 is 0 Å². The fourth-order valence-corrected chi connectivity index (χ4v) is 3.50. The maximum absolute atomic E-state index is 12.5. The summed E-state index contributed by atoms with van der Waals surface area (Å²) in [5, 5.41) is 2.92. The third-order valence-corrected chi connectivity index (χ3v) is 5.02. The van der Waals surface area contributed by atoms with Gasteiger partial charge < -0.3 is 15.0 Å². The topological polar surface area (TPSA) is 58.6 Å². The van der Waals surface area contributed by atoms with E-state index >= 15 is 0 Å². The molecule has 1 aliphatic rings. The summed E-state index contributed by atoms with van der Waals surface area (Å²) in [5.41, 5.74) is 4.87. The molecule has 0 atom stereocenters. The van der Waals surface area contributed by atoms with Crippen molar-refractivity contribution in [2.24, 2.45) is 0 Å². The summed E-state index contributed by atoms with van der Waals surface area (Å²) in [7, 11) is 1.67. The fraction of sp³-hybridized carbons (Fsp3) is 0.364. The number of methoxy groups -OCH3 is 1. The van der Waals surface area contributed by atoms with Crippen molar-refractivity contribution < 1.29 is 14.3 Å². The molecular weight excluding hydrogens is 340 g/mol. The summed E-state index contributed by atoms with van der Waals surface area (Å²) < 4.78 is 5.38. The number of nitrogens with one attached hydrogen (secondary N) is 1. The highest BCUT2D eigenvalue weighted by Crippen LogP contribution is 2.30. The van der Waals surface area contributed by atoms with E-state index in [1.54, 1.807) is 12.0 Å². The van der Waals surface area contributed by atoms with E-state index in [0.717, 1.165) is 41.0 Å². The predicted octanol–water partition coefficient (Wildman–Crippen LogP) is 3.33. The molecule has 27 heavy (non-hydrogen) atoms. The number of hydrogen-bond acceptors (Lipinski definition) is 3. The van der Waals surface area contributed by atoms with Gasteiger partial charge in [0.25, 0.3) is 5.91 Å². The Kier molecular flexibility index (Phi) is 5.79. The minimum Gasteiger partial charge on any atom is -0.496 e. The van der Waals surface area contributed by atoms with Gasteiger partial charge in [-0.3, -0.25) is 9.59 Å². The largest absolute Gasteiger partial charge is 0.496 e. The average molecular weight is 366 g/mol. The van der Waals surface area contributed by atoms with Crippen LogP contribution in [0.2, 0.25) is 0 Å². The van der Waals surface area contributed by atoms with Gasteiger partial charge in [0.05, 0.1) is 7.11 Å². The minimum atomic E-state index is -0.119. The van der Waals surface area contributed by atoms with Crippen molar-refractivity contribution in [1.29, 1.82) is 0 Å². The van der Waals surface area contributed by atoms with E-state index in [0.29, 0.717) is 25.1 Å². The molecule has 2 amide bonds. The molecule has 5 nitrogen and oxygen atoms in total. The van der Waals surface area contributed by atoms with Gasteiger partial charge in [-0.1, -0.05) is 12.1 Å². The predicted molar refractivity (Wildman–Crippen MR) is 106 cm³/mol. The number of carbonyl (C=O) groups excluding carboxylic acids is 2. The van der Waals surface area contributed by atoms with Crippen molar-refractivity contribution in [3.8, 4) is 16.9 Å². The van der Waals surface area contributed by atoms with Gasteiger partial charge in [0, 0.05) is 31.6 Å². The first kappa shape index (κ1) is 19.0. The van der Waals surface area contributed by atoms with Gasteiger partial charge in [-0.2, -0.15) is 0 Å². The zero-order chi connectivity index (χ0) is 19.4. The smallest absolute Gasteiger partial charge is 0.251 e.